The summed E-state index contributed by atoms with van der Waals surface area (Å²) in [6, 6.07) is 9.19. The van der Waals surface area contributed by atoms with Gasteiger partial charge in [-0.3, -0.25) is 25.0 Å². The van der Waals surface area contributed by atoms with Crippen LogP contribution in [-0.2, 0) is 24.7 Å². The minimum atomic E-state index is -1.25. The molecule has 2 atom stereocenters. The number of benzene rings is 2. The summed E-state index contributed by atoms with van der Waals surface area (Å²) in [4.78, 5) is 64.1. The molecule has 5 rings (SSSR count). The van der Waals surface area contributed by atoms with Gasteiger partial charge in [0.1, 0.15) is 6.04 Å². The first-order valence-corrected chi connectivity index (χ1v) is 12.9. The lowest BCUT2D eigenvalue weighted by Gasteiger charge is -2.35. The van der Waals surface area contributed by atoms with Crippen molar-refractivity contribution in [2.24, 2.45) is 0 Å². The van der Waals surface area contributed by atoms with E-state index in [0.717, 1.165) is 0 Å². The highest BCUT2D eigenvalue weighted by Crippen LogP contribution is 2.43. The monoisotopic (exact) mass is 571 g/mol. The molecule has 2 aromatic carbocycles. The van der Waals surface area contributed by atoms with Gasteiger partial charge in [0.05, 0.1) is 37.9 Å². The lowest BCUT2D eigenvalue weighted by Crippen LogP contribution is -2.54. The van der Waals surface area contributed by atoms with Crippen LogP contribution in [0.3, 0.4) is 0 Å². The van der Waals surface area contributed by atoms with E-state index >= 15 is 0 Å². The SMILES string of the molecule is O=C(O)Nc1ccc(C(=O)N[C@@H](CC(=O)NC2COC2)C(=O)N2CC[C@@]3(C2)OC(=O)Nc2ccc(Cl)cc23)cc1. The van der Waals surface area contributed by atoms with Crippen molar-refractivity contribution in [2.75, 3.05) is 36.9 Å². The summed E-state index contributed by atoms with van der Waals surface area (Å²) in [5.41, 5.74) is 0.454. The highest BCUT2D eigenvalue weighted by Gasteiger charge is 2.49. The number of rotatable bonds is 7. The summed E-state index contributed by atoms with van der Waals surface area (Å²) in [5, 5.41) is 19.5. The van der Waals surface area contributed by atoms with Gasteiger partial charge in [0.15, 0.2) is 5.60 Å². The van der Waals surface area contributed by atoms with Gasteiger partial charge in [0.25, 0.3) is 5.91 Å². The number of nitrogens with zero attached hydrogens (tertiary/aromatic N) is 1. The largest absolute Gasteiger partial charge is 0.465 e. The van der Waals surface area contributed by atoms with Crippen molar-refractivity contribution in [1.82, 2.24) is 15.5 Å². The van der Waals surface area contributed by atoms with Crippen LogP contribution in [0.4, 0.5) is 21.0 Å². The number of ether oxygens (including phenoxy) is 2. The number of halogens is 1. The molecule has 13 nitrogen and oxygen atoms in total. The molecule has 2 aromatic rings. The minimum absolute atomic E-state index is 0.00655. The molecule has 0 aliphatic carbocycles. The Morgan fingerprint density at radius 3 is 2.58 bits per heavy atom. The Kier molecular flexibility index (Phi) is 7.50. The number of hydrogen-bond acceptors (Lipinski definition) is 7. The highest BCUT2D eigenvalue weighted by atomic mass is 35.5. The zero-order chi connectivity index (χ0) is 28.4. The molecule has 0 saturated carbocycles. The first-order valence-electron chi connectivity index (χ1n) is 12.5. The molecule has 0 bridgehead atoms. The van der Waals surface area contributed by atoms with E-state index in [4.69, 9.17) is 26.2 Å². The molecule has 0 unspecified atom stereocenters. The highest BCUT2D eigenvalue weighted by molar-refractivity contribution is 6.30. The maximum atomic E-state index is 13.7. The van der Waals surface area contributed by atoms with Gasteiger partial charge in [0, 0.05) is 34.8 Å². The van der Waals surface area contributed by atoms with E-state index in [0.29, 0.717) is 35.9 Å². The summed E-state index contributed by atoms with van der Waals surface area (Å²) in [5.74, 6) is -1.58. The van der Waals surface area contributed by atoms with Gasteiger partial charge in [-0.15, -0.1) is 0 Å². The molecule has 5 amide bonds. The van der Waals surface area contributed by atoms with Gasteiger partial charge >= 0.3 is 12.2 Å². The average Bonchev–Trinajstić information content (AvgIpc) is 3.30. The van der Waals surface area contributed by atoms with Gasteiger partial charge in [-0.2, -0.15) is 0 Å². The lowest BCUT2D eigenvalue weighted by atomic mass is 9.90. The van der Waals surface area contributed by atoms with Gasteiger partial charge < -0.3 is 30.1 Å². The Hall–Kier alpha value is -4.36. The van der Waals surface area contributed by atoms with Crippen LogP contribution in [0.15, 0.2) is 42.5 Å². The fraction of sp³-hybridized carbons (Fsp3) is 0.346. The summed E-state index contributed by atoms with van der Waals surface area (Å²) in [7, 11) is 0. The van der Waals surface area contributed by atoms with Crippen molar-refractivity contribution in [3.63, 3.8) is 0 Å². The summed E-state index contributed by atoms with van der Waals surface area (Å²) < 4.78 is 10.8. The third-order valence-corrected chi connectivity index (χ3v) is 7.17. The van der Waals surface area contributed by atoms with E-state index in [1.165, 1.54) is 29.2 Å². The van der Waals surface area contributed by atoms with Crippen LogP contribution < -0.4 is 21.3 Å². The second kappa shape index (κ2) is 11.0. The van der Waals surface area contributed by atoms with Crippen LogP contribution in [0, 0.1) is 0 Å². The van der Waals surface area contributed by atoms with Crippen LogP contribution >= 0.6 is 11.6 Å². The molecule has 2 fully saturated rings. The van der Waals surface area contributed by atoms with Crippen LogP contribution in [-0.4, -0.2) is 78.3 Å². The maximum Gasteiger partial charge on any atom is 0.412 e. The third-order valence-electron chi connectivity index (χ3n) is 6.94. The van der Waals surface area contributed by atoms with Crippen molar-refractivity contribution in [1.29, 1.82) is 0 Å². The van der Waals surface area contributed by atoms with E-state index in [1.807, 2.05) is 0 Å². The molecule has 14 heteroatoms. The number of anilines is 2. The number of likely N-dealkylation sites (tertiary alicyclic amines) is 1. The molecule has 0 radical (unpaired) electrons. The zero-order valence-corrected chi connectivity index (χ0v) is 21.8. The van der Waals surface area contributed by atoms with Crippen LogP contribution in [0.5, 0.6) is 0 Å². The first-order chi connectivity index (χ1) is 19.1. The Morgan fingerprint density at radius 1 is 1.15 bits per heavy atom. The van der Waals surface area contributed by atoms with Gasteiger partial charge in [-0.05, 0) is 42.5 Å². The molecule has 0 aromatic heterocycles. The second-order valence-electron chi connectivity index (χ2n) is 9.75. The van der Waals surface area contributed by atoms with Crippen LogP contribution in [0.2, 0.25) is 5.02 Å². The molecule has 3 heterocycles. The van der Waals surface area contributed by atoms with E-state index in [-0.39, 0.29) is 36.8 Å². The molecule has 5 N–H and O–H groups in total. The van der Waals surface area contributed by atoms with Crippen molar-refractivity contribution in [3.8, 4) is 0 Å². The number of fused-ring (bicyclic) bond motifs is 2. The standard InChI is InChI=1S/C26H26ClN5O8/c27-15-3-6-19-18(9-15)26(40-25(38)31-19)7-8-32(13-26)23(35)20(10-21(33)28-17-11-39-12-17)30-22(34)14-1-4-16(5-2-14)29-24(36)37/h1-6,9,17,20,29H,7-8,10-13H2,(H,28,33)(H,30,34)(H,31,38)(H,36,37)/t20-,26-/m0/s1. The quantitative estimate of drug-likeness (QED) is 0.336. The summed E-state index contributed by atoms with van der Waals surface area (Å²) in [6.45, 7) is 0.942. The topological polar surface area (TPSA) is 175 Å². The fourth-order valence-electron chi connectivity index (χ4n) is 4.93. The minimum Gasteiger partial charge on any atom is -0.465 e. The average molecular weight is 572 g/mol. The van der Waals surface area contributed by atoms with Gasteiger partial charge in [0.2, 0.25) is 11.8 Å². The van der Waals surface area contributed by atoms with E-state index in [1.54, 1.807) is 18.2 Å². The van der Waals surface area contributed by atoms with Crippen molar-refractivity contribution < 1.29 is 38.6 Å². The molecule has 3 aliphatic rings. The summed E-state index contributed by atoms with van der Waals surface area (Å²) >= 11 is 6.21. The number of carbonyl (C=O) groups is 5. The van der Waals surface area contributed by atoms with Crippen LogP contribution in [0.25, 0.3) is 0 Å². The number of hydrogen-bond donors (Lipinski definition) is 5. The number of carbonyl (C=O) groups excluding carboxylic acids is 4. The normalized spacial score (nSPS) is 20.4. The van der Waals surface area contributed by atoms with Crippen molar-refractivity contribution >= 4 is 52.9 Å². The Balaban J connectivity index is 1.34. The molecule has 2 saturated heterocycles. The molecule has 1 spiro atoms. The summed E-state index contributed by atoms with van der Waals surface area (Å²) in [6.07, 6.45) is -1.94. The van der Waals surface area contributed by atoms with Crippen LogP contribution in [0.1, 0.15) is 28.8 Å². The predicted octanol–water partition coefficient (Wildman–Crippen LogP) is 2.12. The molecule has 40 heavy (non-hydrogen) atoms. The van der Waals surface area contributed by atoms with Gasteiger partial charge in [-0.1, -0.05) is 11.6 Å². The van der Waals surface area contributed by atoms with Crippen molar-refractivity contribution in [2.45, 2.75) is 30.5 Å². The smallest absolute Gasteiger partial charge is 0.412 e. The first kappa shape index (κ1) is 27.2. The molecular formula is C26H26ClN5O8. The maximum absolute atomic E-state index is 13.7. The molecule has 210 valence electrons. The number of carboxylic acid groups (broad SMARTS) is 1. The Bertz CT molecular complexity index is 1370. The van der Waals surface area contributed by atoms with E-state index in [9.17, 15) is 24.0 Å². The Morgan fingerprint density at radius 2 is 1.90 bits per heavy atom. The third kappa shape index (κ3) is 5.80. The second-order valence-corrected chi connectivity index (χ2v) is 10.2. The fourth-order valence-corrected chi connectivity index (χ4v) is 5.10. The molecular weight excluding hydrogens is 546 g/mol. The van der Waals surface area contributed by atoms with E-state index < -0.39 is 41.6 Å². The zero-order valence-electron chi connectivity index (χ0n) is 21.1. The number of nitrogens with one attached hydrogen (secondary N) is 4. The number of amides is 5. The predicted molar refractivity (Wildman–Crippen MR) is 141 cm³/mol. The van der Waals surface area contributed by atoms with Crippen molar-refractivity contribution in [3.05, 3.63) is 58.6 Å². The van der Waals surface area contributed by atoms with Gasteiger partial charge in [-0.25, -0.2) is 9.59 Å². The Labute approximate surface area is 233 Å². The molecule has 3 aliphatic heterocycles. The lowest BCUT2D eigenvalue weighted by molar-refractivity contribution is -0.136. The van der Waals surface area contributed by atoms with E-state index in [2.05, 4.69) is 21.3 Å².